The van der Waals surface area contributed by atoms with Crippen LogP contribution in [0.25, 0.3) is 0 Å². The lowest BCUT2D eigenvalue weighted by molar-refractivity contribution is -0.132. The first kappa shape index (κ1) is 23.7. The van der Waals surface area contributed by atoms with E-state index in [1.807, 2.05) is 13.0 Å². The Morgan fingerprint density at radius 3 is 2.48 bits per heavy atom. The van der Waals surface area contributed by atoms with Gasteiger partial charge in [0.1, 0.15) is 5.82 Å². The molecule has 1 N–H and O–H groups in total. The van der Waals surface area contributed by atoms with Crippen LogP contribution in [0.1, 0.15) is 23.1 Å². The third-order valence-electron chi connectivity index (χ3n) is 5.40. The predicted molar refractivity (Wildman–Crippen MR) is 119 cm³/mol. The number of nitrogens with zero attached hydrogens (tertiary/aromatic N) is 2. The molecule has 1 heterocycles. The summed E-state index contributed by atoms with van der Waals surface area (Å²) in [5, 5.41) is 0.398. The van der Waals surface area contributed by atoms with Gasteiger partial charge in [0, 0.05) is 50.7 Å². The zero-order chi connectivity index (χ0) is 22.6. The van der Waals surface area contributed by atoms with E-state index in [-0.39, 0.29) is 29.6 Å². The van der Waals surface area contributed by atoms with Crippen LogP contribution in [0.2, 0.25) is 5.02 Å². The number of hydrogen-bond donors (Lipinski definition) is 1. The molecule has 6 nitrogen and oxygen atoms in total. The molecule has 31 heavy (non-hydrogen) atoms. The van der Waals surface area contributed by atoms with E-state index < -0.39 is 10.0 Å². The third-order valence-corrected chi connectivity index (χ3v) is 7.35. The predicted octanol–water partition coefficient (Wildman–Crippen LogP) is 3.11. The minimum atomic E-state index is -3.66. The second-order valence-electron chi connectivity index (χ2n) is 7.81. The van der Waals surface area contributed by atoms with E-state index in [2.05, 4.69) is 9.62 Å². The van der Waals surface area contributed by atoms with Crippen LogP contribution in [0.5, 0.6) is 0 Å². The van der Waals surface area contributed by atoms with Gasteiger partial charge in [0.05, 0.1) is 4.90 Å². The zero-order valence-electron chi connectivity index (χ0n) is 17.7. The average molecular weight is 468 g/mol. The summed E-state index contributed by atoms with van der Waals surface area (Å²) in [6.45, 7) is 6.70. The highest BCUT2D eigenvalue weighted by Gasteiger charge is 2.23. The molecule has 1 aliphatic rings. The molecule has 0 aromatic heterocycles. The molecule has 0 saturated carbocycles. The summed E-state index contributed by atoms with van der Waals surface area (Å²) in [6, 6.07) is 9.63. The first-order chi connectivity index (χ1) is 14.7. The largest absolute Gasteiger partial charge is 0.340 e. The summed E-state index contributed by atoms with van der Waals surface area (Å²) in [5.41, 5.74) is 2.38. The van der Waals surface area contributed by atoms with Crippen molar-refractivity contribution in [2.24, 2.45) is 0 Å². The van der Waals surface area contributed by atoms with Crippen molar-refractivity contribution in [1.82, 2.24) is 14.5 Å². The Labute approximate surface area is 188 Å². The van der Waals surface area contributed by atoms with Gasteiger partial charge in [-0.25, -0.2) is 17.5 Å². The molecule has 0 bridgehead atoms. The van der Waals surface area contributed by atoms with Crippen molar-refractivity contribution in [1.29, 1.82) is 0 Å². The van der Waals surface area contributed by atoms with Crippen molar-refractivity contribution in [3.8, 4) is 0 Å². The summed E-state index contributed by atoms with van der Waals surface area (Å²) in [6.07, 6.45) is 0.105. The standard InChI is InChI=1S/C22H27ClFN3O3S/c1-16-3-4-17(2)21(13-16)31(29,30)25-8-7-22(28)27-11-9-26(10-12-27)15-18-5-6-19(24)14-20(18)23/h3-6,13-14,25H,7-12,15H2,1-2H3. The Morgan fingerprint density at radius 2 is 1.81 bits per heavy atom. The fraction of sp³-hybridized carbons (Fsp3) is 0.409. The lowest BCUT2D eigenvalue weighted by atomic mass is 10.2. The minimum absolute atomic E-state index is 0.0555. The van der Waals surface area contributed by atoms with Gasteiger partial charge in [-0.2, -0.15) is 0 Å². The van der Waals surface area contributed by atoms with Crippen molar-refractivity contribution in [3.05, 3.63) is 63.9 Å². The number of aryl methyl sites for hydroxylation is 2. The van der Waals surface area contributed by atoms with Crippen LogP contribution in [-0.2, 0) is 21.4 Å². The van der Waals surface area contributed by atoms with Crippen LogP contribution >= 0.6 is 11.6 Å². The number of sulfonamides is 1. The van der Waals surface area contributed by atoms with Crippen molar-refractivity contribution < 1.29 is 17.6 Å². The molecule has 1 amide bonds. The summed E-state index contributed by atoms with van der Waals surface area (Å²) < 4.78 is 40.8. The highest BCUT2D eigenvalue weighted by atomic mass is 35.5. The molecular formula is C22H27ClFN3O3S. The smallest absolute Gasteiger partial charge is 0.240 e. The molecule has 2 aromatic rings. The zero-order valence-corrected chi connectivity index (χ0v) is 19.3. The van der Waals surface area contributed by atoms with Crippen molar-refractivity contribution in [3.63, 3.8) is 0 Å². The van der Waals surface area contributed by atoms with Crippen molar-refractivity contribution >= 4 is 27.5 Å². The molecule has 3 rings (SSSR count). The van der Waals surface area contributed by atoms with Crippen LogP contribution in [0.3, 0.4) is 0 Å². The van der Waals surface area contributed by atoms with Crippen LogP contribution < -0.4 is 4.72 Å². The normalized spacial score (nSPS) is 15.3. The fourth-order valence-corrected chi connectivity index (χ4v) is 5.16. The molecule has 0 radical (unpaired) electrons. The van der Waals surface area contributed by atoms with Gasteiger partial charge in [0.25, 0.3) is 0 Å². The van der Waals surface area contributed by atoms with Gasteiger partial charge < -0.3 is 4.90 Å². The second-order valence-corrected chi connectivity index (χ2v) is 9.95. The number of benzene rings is 2. The quantitative estimate of drug-likeness (QED) is 0.679. The van der Waals surface area contributed by atoms with Crippen LogP contribution in [0, 0.1) is 19.7 Å². The van der Waals surface area contributed by atoms with Gasteiger partial charge >= 0.3 is 0 Å². The van der Waals surface area contributed by atoms with Gasteiger partial charge in [-0.1, -0.05) is 29.8 Å². The molecule has 0 aliphatic carbocycles. The van der Waals surface area contributed by atoms with E-state index in [4.69, 9.17) is 11.6 Å². The maximum absolute atomic E-state index is 13.2. The minimum Gasteiger partial charge on any atom is -0.340 e. The van der Waals surface area contributed by atoms with E-state index in [1.165, 1.54) is 12.1 Å². The average Bonchev–Trinajstić information content (AvgIpc) is 2.72. The monoisotopic (exact) mass is 467 g/mol. The van der Waals surface area contributed by atoms with E-state index >= 15 is 0 Å². The number of halogens is 2. The number of piperazine rings is 1. The van der Waals surface area contributed by atoms with Gasteiger partial charge in [-0.15, -0.1) is 0 Å². The molecule has 1 aliphatic heterocycles. The number of hydrogen-bond acceptors (Lipinski definition) is 4. The summed E-state index contributed by atoms with van der Waals surface area (Å²) in [5.74, 6) is -0.444. The Hall–Kier alpha value is -2.00. The molecule has 0 unspecified atom stereocenters. The Bertz CT molecular complexity index is 1050. The molecule has 0 spiro atoms. The number of nitrogens with one attached hydrogen (secondary N) is 1. The molecule has 2 aromatic carbocycles. The molecular weight excluding hydrogens is 441 g/mol. The maximum atomic E-state index is 13.2. The van der Waals surface area contributed by atoms with Gasteiger partial charge in [0.2, 0.25) is 15.9 Å². The molecule has 9 heteroatoms. The van der Waals surface area contributed by atoms with Crippen molar-refractivity contribution in [2.75, 3.05) is 32.7 Å². The number of amides is 1. The summed E-state index contributed by atoms with van der Waals surface area (Å²) >= 11 is 6.10. The van der Waals surface area contributed by atoms with E-state index in [1.54, 1.807) is 30.0 Å². The van der Waals surface area contributed by atoms with Gasteiger partial charge in [-0.3, -0.25) is 9.69 Å². The lowest BCUT2D eigenvalue weighted by Gasteiger charge is -2.35. The highest BCUT2D eigenvalue weighted by molar-refractivity contribution is 7.89. The molecule has 1 fully saturated rings. The summed E-state index contributed by atoms with van der Waals surface area (Å²) in [7, 11) is -3.66. The molecule has 0 atom stereocenters. The lowest BCUT2D eigenvalue weighted by Crippen LogP contribution is -2.48. The topological polar surface area (TPSA) is 69.7 Å². The van der Waals surface area contributed by atoms with Crippen molar-refractivity contribution in [2.45, 2.75) is 31.7 Å². The Morgan fingerprint density at radius 1 is 1.10 bits per heavy atom. The molecule has 1 saturated heterocycles. The first-order valence-electron chi connectivity index (χ1n) is 10.2. The summed E-state index contributed by atoms with van der Waals surface area (Å²) in [4.78, 5) is 16.7. The maximum Gasteiger partial charge on any atom is 0.240 e. The third kappa shape index (κ3) is 6.26. The number of rotatable bonds is 7. The second kappa shape index (κ2) is 10.1. The van der Waals surface area contributed by atoms with E-state index in [0.717, 1.165) is 11.1 Å². The van der Waals surface area contributed by atoms with Gasteiger partial charge in [0.15, 0.2) is 0 Å². The van der Waals surface area contributed by atoms with Crippen LogP contribution in [0.15, 0.2) is 41.3 Å². The highest BCUT2D eigenvalue weighted by Crippen LogP contribution is 2.20. The van der Waals surface area contributed by atoms with Gasteiger partial charge in [-0.05, 0) is 48.7 Å². The van der Waals surface area contributed by atoms with E-state index in [0.29, 0.717) is 43.3 Å². The van der Waals surface area contributed by atoms with Crippen LogP contribution in [0.4, 0.5) is 4.39 Å². The Balaban J connectivity index is 1.46. The number of carbonyl (C=O) groups is 1. The SMILES string of the molecule is Cc1ccc(C)c(S(=O)(=O)NCCC(=O)N2CCN(Cc3ccc(F)cc3Cl)CC2)c1. The van der Waals surface area contributed by atoms with E-state index in [9.17, 15) is 17.6 Å². The van der Waals surface area contributed by atoms with Crippen LogP contribution in [-0.4, -0.2) is 56.8 Å². The first-order valence-corrected chi connectivity index (χ1v) is 12.0. The Kier molecular flexibility index (Phi) is 7.69. The number of carbonyl (C=O) groups excluding carboxylic acids is 1. The molecule has 168 valence electrons. The fourth-order valence-electron chi connectivity index (χ4n) is 3.57.